The molecule has 0 radical (unpaired) electrons. The molecule has 4 aliphatic carbocycles. The number of Topliss-reactive ketones (excluding diaryl/α,β-unsaturated/α-hetero) is 1. The van der Waals surface area contributed by atoms with E-state index in [0.29, 0.717) is 28.8 Å². The zero-order valence-electron chi connectivity index (χ0n) is 23.2. The summed E-state index contributed by atoms with van der Waals surface area (Å²) in [6.45, 7) is -0.518. The van der Waals surface area contributed by atoms with Crippen molar-refractivity contribution in [3.63, 3.8) is 0 Å². The van der Waals surface area contributed by atoms with Gasteiger partial charge in [0.2, 0.25) is 11.8 Å². The number of methoxy groups -OCH3 is 1. The van der Waals surface area contributed by atoms with Gasteiger partial charge in [-0.15, -0.1) is 0 Å². The van der Waals surface area contributed by atoms with E-state index in [1.165, 1.54) is 48.4 Å². The molecule has 9 heteroatoms. The highest BCUT2D eigenvalue weighted by molar-refractivity contribution is 6.23. The second-order valence-electron chi connectivity index (χ2n) is 11.4. The number of anilines is 1. The molecule has 6 atom stereocenters. The molecule has 5 aliphatic rings. The van der Waals surface area contributed by atoms with Crippen molar-refractivity contribution in [3.05, 3.63) is 102 Å². The number of hydrogen-bond acceptors (Lipinski definition) is 8. The number of rotatable bonds is 8. The van der Waals surface area contributed by atoms with Crippen LogP contribution in [-0.2, 0) is 14.3 Å². The van der Waals surface area contributed by atoms with Gasteiger partial charge < -0.3 is 14.2 Å². The topological polar surface area (TPSA) is 116 Å². The van der Waals surface area contributed by atoms with Crippen molar-refractivity contribution < 1.29 is 38.2 Å². The van der Waals surface area contributed by atoms with Crippen molar-refractivity contribution >= 4 is 35.2 Å². The average molecular weight is 578 g/mol. The molecular formula is C34H27NO8. The van der Waals surface area contributed by atoms with Crippen LogP contribution in [0.5, 0.6) is 11.5 Å². The summed E-state index contributed by atoms with van der Waals surface area (Å²) in [5, 5.41) is 0. The summed E-state index contributed by atoms with van der Waals surface area (Å²) in [6.07, 6.45) is 5.31. The molecule has 3 aromatic carbocycles. The first kappa shape index (κ1) is 26.8. The van der Waals surface area contributed by atoms with Crippen LogP contribution in [0.3, 0.4) is 0 Å². The van der Waals surface area contributed by atoms with Crippen molar-refractivity contribution in [3.8, 4) is 11.5 Å². The Balaban J connectivity index is 0.973. The molecule has 1 aliphatic heterocycles. The Morgan fingerprint density at radius 1 is 0.744 bits per heavy atom. The Hall–Kier alpha value is -5.05. The molecule has 9 nitrogen and oxygen atoms in total. The number of nitrogens with zero attached hydrogens (tertiary/aromatic N) is 1. The van der Waals surface area contributed by atoms with Crippen LogP contribution >= 0.6 is 0 Å². The van der Waals surface area contributed by atoms with Gasteiger partial charge in [-0.1, -0.05) is 24.3 Å². The first-order valence-corrected chi connectivity index (χ1v) is 14.2. The fraction of sp³-hybridized carbons (Fsp3) is 0.265. The predicted octanol–water partition coefficient (Wildman–Crippen LogP) is 4.51. The van der Waals surface area contributed by atoms with Crippen LogP contribution in [0, 0.1) is 35.5 Å². The lowest BCUT2D eigenvalue weighted by Gasteiger charge is -2.37. The van der Waals surface area contributed by atoms with Gasteiger partial charge in [0, 0.05) is 5.56 Å². The lowest BCUT2D eigenvalue weighted by atomic mass is 9.63. The molecule has 43 heavy (non-hydrogen) atoms. The van der Waals surface area contributed by atoms with E-state index < -0.39 is 24.3 Å². The number of allylic oxidation sites excluding steroid dienone is 2. The minimum atomic E-state index is -0.751. The van der Waals surface area contributed by atoms with E-state index in [1.807, 2.05) is 0 Å². The maximum Gasteiger partial charge on any atom is 0.343 e. The van der Waals surface area contributed by atoms with E-state index in [-0.39, 0.29) is 52.4 Å². The number of ether oxygens (including phenoxy) is 3. The zero-order valence-corrected chi connectivity index (χ0v) is 23.2. The summed E-state index contributed by atoms with van der Waals surface area (Å²) in [5.41, 5.74) is 1.04. The second kappa shape index (κ2) is 10.3. The van der Waals surface area contributed by atoms with Crippen molar-refractivity contribution in [2.45, 2.75) is 6.42 Å². The first-order valence-electron chi connectivity index (χ1n) is 14.2. The third kappa shape index (κ3) is 4.61. The van der Waals surface area contributed by atoms with Crippen LogP contribution in [0.4, 0.5) is 5.69 Å². The standard InChI is InChI=1S/C34H27NO8/c1-41-23-7-3-5-20(15-23)34(40)43-22-10-8-18(9-11-22)28(36)17-42-33(39)19-4-2-6-21(14-19)35-31(37)29-24-12-13-25(27-16-26(24)27)30(29)32(35)38/h2-15,24-27,29-30H,16-17H2,1H3. The van der Waals surface area contributed by atoms with E-state index in [9.17, 15) is 24.0 Å². The molecule has 1 saturated heterocycles. The molecule has 1 heterocycles. The molecule has 6 unspecified atom stereocenters. The number of hydrogen-bond donors (Lipinski definition) is 0. The van der Waals surface area contributed by atoms with E-state index in [0.717, 1.165) is 6.42 Å². The molecule has 3 aromatic rings. The molecule has 2 amide bonds. The summed E-state index contributed by atoms with van der Waals surface area (Å²) >= 11 is 0. The third-order valence-corrected chi connectivity index (χ3v) is 9.03. The SMILES string of the molecule is COc1cccc(C(=O)Oc2ccc(C(=O)COC(=O)c3cccc(N4C(=O)C5C6C=CC(C7CC67)C5C4=O)c3)cc2)c1. The van der Waals surface area contributed by atoms with Crippen molar-refractivity contribution in [2.75, 3.05) is 18.6 Å². The number of benzene rings is 3. The summed E-state index contributed by atoms with van der Waals surface area (Å²) in [5.74, 6) is -0.908. The summed E-state index contributed by atoms with van der Waals surface area (Å²) in [6, 6.07) is 18.6. The van der Waals surface area contributed by atoms with Crippen LogP contribution < -0.4 is 14.4 Å². The van der Waals surface area contributed by atoms with Crippen LogP contribution in [0.15, 0.2) is 84.9 Å². The number of amides is 2. The minimum Gasteiger partial charge on any atom is -0.497 e. The molecule has 0 aromatic heterocycles. The maximum atomic E-state index is 13.4. The lowest BCUT2D eigenvalue weighted by molar-refractivity contribution is -0.124. The summed E-state index contributed by atoms with van der Waals surface area (Å²) in [4.78, 5) is 66.0. The minimum absolute atomic E-state index is 0.106. The van der Waals surface area contributed by atoms with E-state index in [4.69, 9.17) is 14.2 Å². The molecule has 0 spiro atoms. The lowest BCUT2D eigenvalue weighted by Crippen LogP contribution is -2.40. The Kier molecular flexibility index (Phi) is 6.45. The molecule has 2 saturated carbocycles. The smallest absolute Gasteiger partial charge is 0.343 e. The quantitative estimate of drug-likeness (QED) is 0.126. The molecule has 2 bridgehead atoms. The number of esters is 2. The van der Waals surface area contributed by atoms with Crippen LogP contribution in [0.1, 0.15) is 37.5 Å². The largest absolute Gasteiger partial charge is 0.497 e. The highest BCUT2D eigenvalue weighted by Gasteiger charge is 2.67. The summed E-state index contributed by atoms with van der Waals surface area (Å²) < 4.78 is 15.8. The fourth-order valence-electron chi connectivity index (χ4n) is 6.91. The van der Waals surface area contributed by atoms with E-state index in [1.54, 1.807) is 36.4 Å². The highest BCUT2D eigenvalue weighted by atomic mass is 16.5. The van der Waals surface area contributed by atoms with E-state index >= 15 is 0 Å². The van der Waals surface area contributed by atoms with Gasteiger partial charge in [0.15, 0.2) is 12.4 Å². The third-order valence-electron chi connectivity index (χ3n) is 9.03. The van der Waals surface area contributed by atoms with Gasteiger partial charge in [-0.05, 0) is 90.8 Å². The average Bonchev–Trinajstić information content (AvgIpc) is 3.82. The van der Waals surface area contributed by atoms with Crippen LogP contribution in [0.25, 0.3) is 0 Å². The highest BCUT2D eigenvalue weighted by Crippen LogP contribution is 2.65. The number of imide groups is 1. The van der Waals surface area contributed by atoms with Crippen molar-refractivity contribution in [1.82, 2.24) is 0 Å². The number of carbonyl (C=O) groups excluding carboxylic acids is 5. The van der Waals surface area contributed by atoms with Gasteiger partial charge >= 0.3 is 11.9 Å². The van der Waals surface area contributed by atoms with Crippen LogP contribution in [0.2, 0.25) is 0 Å². The fourth-order valence-corrected chi connectivity index (χ4v) is 6.91. The summed E-state index contributed by atoms with van der Waals surface area (Å²) in [7, 11) is 1.50. The van der Waals surface area contributed by atoms with Crippen LogP contribution in [-0.4, -0.2) is 43.3 Å². The monoisotopic (exact) mass is 577 g/mol. The van der Waals surface area contributed by atoms with Gasteiger partial charge in [-0.2, -0.15) is 0 Å². The predicted molar refractivity (Wildman–Crippen MR) is 153 cm³/mol. The normalized spacial score (nSPS) is 26.0. The first-order chi connectivity index (χ1) is 20.8. The Labute approximate surface area is 247 Å². The Morgan fingerprint density at radius 3 is 2.02 bits per heavy atom. The van der Waals surface area contributed by atoms with Gasteiger partial charge in [-0.3, -0.25) is 14.4 Å². The Morgan fingerprint density at radius 2 is 1.37 bits per heavy atom. The van der Waals surface area contributed by atoms with Gasteiger partial charge in [0.05, 0.1) is 35.8 Å². The number of ketones is 1. The zero-order chi connectivity index (χ0) is 29.8. The number of carbonyl (C=O) groups is 5. The van der Waals surface area contributed by atoms with Crippen molar-refractivity contribution in [1.29, 1.82) is 0 Å². The molecule has 216 valence electrons. The molecule has 3 fully saturated rings. The Bertz CT molecular complexity index is 1670. The second-order valence-corrected chi connectivity index (χ2v) is 11.4. The van der Waals surface area contributed by atoms with E-state index in [2.05, 4.69) is 12.2 Å². The van der Waals surface area contributed by atoms with Crippen molar-refractivity contribution in [2.24, 2.45) is 35.5 Å². The van der Waals surface area contributed by atoms with Gasteiger partial charge in [-0.25, -0.2) is 14.5 Å². The van der Waals surface area contributed by atoms with Gasteiger partial charge in [0.25, 0.3) is 0 Å². The van der Waals surface area contributed by atoms with Gasteiger partial charge in [0.1, 0.15) is 11.5 Å². The maximum absolute atomic E-state index is 13.4. The molecule has 8 rings (SSSR count). The molecule has 0 N–H and O–H groups in total. The molecular weight excluding hydrogens is 550 g/mol.